The highest BCUT2D eigenvalue weighted by atomic mass is 16.5. The van der Waals surface area contributed by atoms with Crippen molar-refractivity contribution in [1.82, 2.24) is 18.9 Å². The molecule has 4 rings (SSSR count). The summed E-state index contributed by atoms with van der Waals surface area (Å²) in [4.78, 5) is 20.0. The number of aromatic nitrogens is 3. The maximum Gasteiger partial charge on any atom is 0.357 e. The molecule has 0 aliphatic rings. The SMILES string of the molecule is CCOC(=O)c1c(-c2ccccc2)nc2n(CCN(C)C)c3ccccc3n12. The van der Waals surface area contributed by atoms with E-state index in [2.05, 4.69) is 15.5 Å². The molecule has 28 heavy (non-hydrogen) atoms. The molecule has 2 aromatic heterocycles. The van der Waals surface area contributed by atoms with E-state index in [-0.39, 0.29) is 5.97 Å². The third-order valence-corrected chi connectivity index (χ3v) is 4.80. The lowest BCUT2D eigenvalue weighted by Crippen LogP contribution is -2.18. The van der Waals surface area contributed by atoms with E-state index < -0.39 is 0 Å². The summed E-state index contributed by atoms with van der Waals surface area (Å²) < 4.78 is 9.50. The molecule has 0 aliphatic heterocycles. The van der Waals surface area contributed by atoms with Crippen molar-refractivity contribution in [2.45, 2.75) is 13.5 Å². The molecule has 6 heteroatoms. The van der Waals surface area contributed by atoms with Gasteiger partial charge in [0.2, 0.25) is 5.78 Å². The van der Waals surface area contributed by atoms with Gasteiger partial charge in [0, 0.05) is 18.7 Å². The molecule has 0 bridgehead atoms. The number of hydrogen-bond donors (Lipinski definition) is 0. The van der Waals surface area contributed by atoms with E-state index in [0.29, 0.717) is 18.0 Å². The minimum Gasteiger partial charge on any atom is -0.461 e. The standard InChI is InChI=1S/C22H24N4O2/c1-4-28-21(27)20-19(16-10-6-5-7-11-16)23-22-25(15-14-24(2)3)17-12-8-9-13-18(17)26(20)22/h5-13H,4,14-15H2,1-3H3. The smallest absolute Gasteiger partial charge is 0.357 e. The number of esters is 1. The summed E-state index contributed by atoms with van der Waals surface area (Å²) in [5, 5.41) is 0. The molecule has 144 valence electrons. The zero-order valence-corrected chi connectivity index (χ0v) is 16.4. The number of likely N-dealkylation sites (N-methyl/N-ethyl adjacent to an activating group) is 1. The third kappa shape index (κ3) is 3.05. The lowest BCUT2D eigenvalue weighted by molar-refractivity contribution is 0.0519. The second-order valence-electron chi connectivity index (χ2n) is 6.97. The van der Waals surface area contributed by atoms with E-state index in [1.807, 2.05) is 74.0 Å². The number of fused-ring (bicyclic) bond motifs is 3. The molecule has 0 radical (unpaired) electrons. The summed E-state index contributed by atoms with van der Waals surface area (Å²) in [5.74, 6) is 0.398. The van der Waals surface area contributed by atoms with Gasteiger partial charge in [-0.15, -0.1) is 0 Å². The largest absolute Gasteiger partial charge is 0.461 e. The Morgan fingerprint density at radius 3 is 2.39 bits per heavy atom. The zero-order valence-electron chi connectivity index (χ0n) is 16.4. The van der Waals surface area contributed by atoms with Gasteiger partial charge < -0.3 is 14.2 Å². The molecule has 4 aromatic rings. The fourth-order valence-corrected chi connectivity index (χ4v) is 3.51. The highest BCUT2D eigenvalue weighted by molar-refractivity contribution is 5.98. The van der Waals surface area contributed by atoms with Crippen LogP contribution in [0.3, 0.4) is 0 Å². The summed E-state index contributed by atoms with van der Waals surface area (Å²) >= 11 is 0. The monoisotopic (exact) mass is 376 g/mol. The summed E-state index contributed by atoms with van der Waals surface area (Å²) in [6.07, 6.45) is 0. The average Bonchev–Trinajstić information content (AvgIpc) is 3.22. The highest BCUT2D eigenvalue weighted by Gasteiger charge is 2.26. The van der Waals surface area contributed by atoms with Crippen LogP contribution in [0.1, 0.15) is 17.4 Å². The number of carbonyl (C=O) groups excluding carboxylic acids is 1. The van der Waals surface area contributed by atoms with Gasteiger partial charge in [-0.05, 0) is 33.2 Å². The summed E-state index contributed by atoms with van der Waals surface area (Å²) in [6, 6.07) is 17.9. The molecule has 2 heterocycles. The Labute approximate surface area is 164 Å². The molecular weight excluding hydrogens is 352 g/mol. The number of carbonyl (C=O) groups is 1. The van der Waals surface area contributed by atoms with Crippen LogP contribution in [0.15, 0.2) is 54.6 Å². The second kappa shape index (κ2) is 7.48. The first-order valence-electron chi connectivity index (χ1n) is 9.48. The Kier molecular flexibility index (Phi) is 4.88. The number of para-hydroxylation sites is 2. The van der Waals surface area contributed by atoms with Crippen LogP contribution in [-0.2, 0) is 11.3 Å². The minimum atomic E-state index is -0.357. The van der Waals surface area contributed by atoms with Crippen LogP contribution in [0.25, 0.3) is 28.1 Å². The van der Waals surface area contributed by atoms with Crippen molar-refractivity contribution in [3.8, 4) is 11.3 Å². The number of imidazole rings is 2. The summed E-state index contributed by atoms with van der Waals surface area (Å²) in [7, 11) is 4.10. The lowest BCUT2D eigenvalue weighted by atomic mass is 10.1. The normalized spacial score (nSPS) is 11.6. The molecular formula is C22H24N4O2. The van der Waals surface area contributed by atoms with Crippen molar-refractivity contribution in [1.29, 1.82) is 0 Å². The Hall–Kier alpha value is -3.12. The molecule has 0 aliphatic carbocycles. The quantitative estimate of drug-likeness (QED) is 0.482. The van der Waals surface area contributed by atoms with Crippen molar-refractivity contribution >= 4 is 22.8 Å². The maximum atomic E-state index is 12.9. The lowest BCUT2D eigenvalue weighted by Gasteiger charge is -2.10. The van der Waals surface area contributed by atoms with Gasteiger partial charge in [-0.1, -0.05) is 42.5 Å². The van der Waals surface area contributed by atoms with E-state index in [1.54, 1.807) is 0 Å². The van der Waals surface area contributed by atoms with E-state index in [4.69, 9.17) is 9.72 Å². The van der Waals surface area contributed by atoms with Gasteiger partial charge in [-0.2, -0.15) is 0 Å². The van der Waals surface area contributed by atoms with Gasteiger partial charge in [0.1, 0.15) is 5.69 Å². The first-order chi connectivity index (χ1) is 13.6. The molecule has 0 spiro atoms. The van der Waals surface area contributed by atoms with E-state index in [0.717, 1.165) is 35.5 Å². The minimum absolute atomic E-state index is 0.319. The fourth-order valence-electron chi connectivity index (χ4n) is 3.51. The van der Waals surface area contributed by atoms with Gasteiger partial charge >= 0.3 is 5.97 Å². The zero-order chi connectivity index (χ0) is 19.7. The van der Waals surface area contributed by atoms with Crippen molar-refractivity contribution in [3.05, 3.63) is 60.3 Å². The summed E-state index contributed by atoms with van der Waals surface area (Å²) in [6.45, 7) is 3.78. The Balaban J connectivity index is 2.04. The van der Waals surface area contributed by atoms with Crippen molar-refractivity contribution < 1.29 is 9.53 Å². The Bertz CT molecular complexity index is 1130. The predicted octanol–water partition coefficient (Wildman–Crippen LogP) is 3.69. The second-order valence-corrected chi connectivity index (χ2v) is 6.97. The van der Waals surface area contributed by atoms with Crippen molar-refractivity contribution in [2.75, 3.05) is 27.2 Å². The van der Waals surface area contributed by atoms with Crippen LogP contribution in [0.5, 0.6) is 0 Å². The molecule has 2 aromatic carbocycles. The van der Waals surface area contributed by atoms with Crippen LogP contribution in [0, 0.1) is 0 Å². The average molecular weight is 376 g/mol. The van der Waals surface area contributed by atoms with Crippen LogP contribution in [0.2, 0.25) is 0 Å². The molecule has 0 N–H and O–H groups in total. The van der Waals surface area contributed by atoms with E-state index in [1.165, 1.54) is 0 Å². The molecule has 0 atom stereocenters. The molecule has 0 fully saturated rings. The highest BCUT2D eigenvalue weighted by Crippen LogP contribution is 2.30. The summed E-state index contributed by atoms with van der Waals surface area (Å²) in [5.41, 5.74) is 4.03. The van der Waals surface area contributed by atoms with Crippen LogP contribution in [0.4, 0.5) is 0 Å². The Morgan fingerprint density at radius 1 is 1.04 bits per heavy atom. The van der Waals surface area contributed by atoms with Crippen LogP contribution < -0.4 is 0 Å². The van der Waals surface area contributed by atoms with Crippen molar-refractivity contribution in [2.24, 2.45) is 0 Å². The topological polar surface area (TPSA) is 51.8 Å². The van der Waals surface area contributed by atoms with Gasteiger partial charge in [0.05, 0.1) is 17.6 Å². The first kappa shape index (κ1) is 18.3. The van der Waals surface area contributed by atoms with E-state index >= 15 is 0 Å². The van der Waals surface area contributed by atoms with Gasteiger partial charge in [-0.25, -0.2) is 9.78 Å². The first-order valence-corrected chi connectivity index (χ1v) is 9.48. The number of benzene rings is 2. The number of nitrogens with zero attached hydrogens (tertiary/aromatic N) is 4. The molecule has 0 saturated carbocycles. The molecule has 0 saturated heterocycles. The predicted molar refractivity (Wildman–Crippen MR) is 111 cm³/mol. The van der Waals surface area contributed by atoms with Crippen LogP contribution in [-0.4, -0.2) is 52.1 Å². The third-order valence-electron chi connectivity index (χ3n) is 4.80. The molecule has 6 nitrogen and oxygen atoms in total. The number of ether oxygens (including phenoxy) is 1. The van der Waals surface area contributed by atoms with Gasteiger partial charge in [0.15, 0.2) is 5.69 Å². The molecule has 0 amide bonds. The Morgan fingerprint density at radius 2 is 1.71 bits per heavy atom. The van der Waals surface area contributed by atoms with Crippen molar-refractivity contribution in [3.63, 3.8) is 0 Å². The molecule has 0 unspecified atom stereocenters. The van der Waals surface area contributed by atoms with Gasteiger partial charge in [-0.3, -0.25) is 4.40 Å². The fraction of sp³-hybridized carbons (Fsp3) is 0.273. The number of rotatable bonds is 6. The maximum absolute atomic E-state index is 12.9. The van der Waals surface area contributed by atoms with E-state index in [9.17, 15) is 4.79 Å². The number of hydrogen-bond acceptors (Lipinski definition) is 4. The van der Waals surface area contributed by atoms with Crippen LogP contribution >= 0.6 is 0 Å². The van der Waals surface area contributed by atoms with Gasteiger partial charge in [0.25, 0.3) is 0 Å².